The van der Waals surface area contributed by atoms with Crippen molar-refractivity contribution in [3.05, 3.63) is 34.2 Å². The average molecular weight is 180 g/mol. The fraction of sp³-hybridized carbons (Fsp3) is 0.444. The van der Waals surface area contributed by atoms with Gasteiger partial charge in [0, 0.05) is 18.8 Å². The van der Waals surface area contributed by atoms with Crippen LogP contribution in [0.15, 0.2) is 23.1 Å². The minimum Gasteiger partial charge on any atom is -0.378 e. The highest BCUT2D eigenvalue weighted by molar-refractivity contribution is 5.15. The van der Waals surface area contributed by atoms with Gasteiger partial charge in [0.05, 0.1) is 19.3 Å². The summed E-state index contributed by atoms with van der Waals surface area (Å²) in [6.45, 7) is 2.24. The van der Waals surface area contributed by atoms with E-state index in [2.05, 4.69) is 10.3 Å². The molecular formula is C9H12N2O2. The SMILES string of the molecule is O=c1cc(C2COCCN2)cc[nH]1. The highest BCUT2D eigenvalue weighted by Crippen LogP contribution is 2.12. The summed E-state index contributed by atoms with van der Waals surface area (Å²) >= 11 is 0. The van der Waals surface area contributed by atoms with Crippen LogP contribution in [-0.4, -0.2) is 24.7 Å². The van der Waals surface area contributed by atoms with Gasteiger partial charge < -0.3 is 15.0 Å². The number of aromatic amines is 1. The van der Waals surface area contributed by atoms with Crippen LogP contribution < -0.4 is 10.9 Å². The Morgan fingerprint density at radius 3 is 3.15 bits per heavy atom. The van der Waals surface area contributed by atoms with Gasteiger partial charge in [0.2, 0.25) is 5.56 Å². The topological polar surface area (TPSA) is 54.1 Å². The van der Waals surface area contributed by atoms with Crippen molar-refractivity contribution in [3.63, 3.8) is 0 Å². The van der Waals surface area contributed by atoms with E-state index in [1.165, 1.54) is 0 Å². The Hall–Kier alpha value is -1.13. The van der Waals surface area contributed by atoms with Gasteiger partial charge in [-0.05, 0) is 11.6 Å². The molecule has 2 rings (SSSR count). The zero-order chi connectivity index (χ0) is 9.10. The van der Waals surface area contributed by atoms with E-state index in [0.717, 1.165) is 18.7 Å². The van der Waals surface area contributed by atoms with Gasteiger partial charge >= 0.3 is 0 Å². The van der Waals surface area contributed by atoms with Gasteiger partial charge in [-0.15, -0.1) is 0 Å². The maximum atomic E-state index is 11.0. The molecule has 1 saturated heterocycles. The van der Waals surface area contributed by atoms with Crippen molar-refractivity contribution in [1.29, 1.82) is 0 Å². The summed E-state index contributed by atoms with van der Waals surface area (Å²) < 4.78 is 5.30. The monoisotopic (exact) mass is 180 g/mol. The molecule has 2 heterocycles. The van der Waals surface area contributed by atoms with E-state index >= 15 is 0 Å². The minimum absolute atomic E-state index is 0.0649. The van der Waals surface area contributed by atoms with Gasteiger partial charge in [0.1, 0.15) is 0 Å². The zero-order valence-corrected chi connectivity index (χ0v) is 7.25. The van der Waals surface area contributed by atoms with Crippen molar-refractivity contribution in [1.82, 2.24) is 10.3 Å². The molecule has 2 N–H and O–H groups in total. The molecule has 4 nitrogen and oxygen atoms in total. The number of hydrogen-bond acceptors (Lipinski definition) is 3. The van der Waals surface area contributed by atoms with E-state index in [-0.39, 0.29) is 11.6 Å². The molecule has 1 atom stereocenters. The number of morpholine rings is 1. The number of pyridine rings is 1. The van der Waals surface area contributed by atoms with Crippen molar-refractivity contribution >= 4 is 0 Å². The molecule has 1 fully saturated rings. The number of hydrogen-bond donors (Lipinski definition) is 2. The highest BCUT2D eigenvalue weighted by Gasteiger charge is 2.14. The third kappa shape index (κ3) is 1.96. The van der Waals surface area contributed by atoms with E-state index in [1.807, 2.05) is 6.07 Å². The minimum atomic E-state index is -0.0649. The molecular weight excluding hydrogens is 168 g/mol. The first-order valence-electron chi connectivity index (χ1n) is 4.36. The molecule has 0 bridgehead atoms. The zero-order valence-electron chi connectivity index (χ0n) is 7.25. The lowest BCUT2D eigenvalue weighted by Gasteiger charge is -2.23. The van der Waals surface area contributed by atoms with E-state index < -0.39 is 0 Å². The number of rotatable bonds is 1. The summed E-state index contributed by atoms with van der Waals surface area (Å²) in [5.41, 5.74) is 0.924. The van der Waals surface area contributed by atoms with Gasteiger partial charge in [-0.3, -0.25) is 4.79 Å². The molecule has 1 unspecified atom stereocenters. The van der Waals surface area contributed by atoms with Crippen LogP contribution in [0.2, 0.25) is 0 Å². The average Bonchev–Trinajstić information content (AvgIpc) is 2.19. The van der Waals surface area contributed by atoms with Gasteiger partial charge in [-0.25, -0.2) is 0 Å². The van der Waals surface area contributed by atoms with Gasteiger partial charge in [-0.1, -0.05) is 0 Å². The number of nitrogens with one attached hydrogen (secondary N) is 2. The van der Waals surface area contributed by atoms with Crippen LogP contribution in [0, 0.1) is 0 Å². The van der Waals surface area contributed by atoms with Crippen LogP contribution >= 0.6 is 0 Å². The van der Waals surface area contributed by atoms with Crippen molar-refractivity contribution < 1.29 is 4.74 Å². The molecule has 1 aliphatic heterocycles. The quantitative estimate of drug-likeness (QED) is 0.641. The summed E-state index contributed by atoms with van der Waals surface area (Å²) in [6, 6.07) is 3.66. The lowest BCUT2D eigenvalue weighted by molar-refractivity contribution is 0.0768. The Balaban J connectivity index is 2.19. The number of aromatic nitrogens is 1. The van der Waals surface area contributed by atoms with E-state index in [4.69, 9.17) is 4.74 Å². The third-order valence-electron chi connectivity index (χ3n) is 2.12. The molecule has 4 heteroatoms. The standard InChI is InChI=1S/C9H12N2O2/c12-9-5-7(1-2-11-9)8-6-13-4-3-10-8/h1-2,5,8,10H,3-4,6H2,(H,11,12). The summed E-state index contributed by atoms with van der Waals surface area (Å²) in [5.74, 6) is 0. The van der Waals surface area contributed by atoms with Gasteiger partial charge in [0.15, 0.2) is 0 Å². The molecule has 1 aromatic heterocycles. The molecule has 0 saturated carbocycles. The van der Waals surface area contributed by atoms with Crippen molar-refractivity contribution in [3.8, 4) is 0 Å². The van der Waals surface area contributed by atoms with Crippen LogP contribution in [0.5, 0.6) is 0 Å². The second-order valence-corrected chi connectivity index (χ2v) is 3.07. The smallest absolute Gasteiger partial charge is 0.248 e. The van der Waals surface area contributed by atoms with Crippen LogP contribution in [-0.2, 0) is 4.74 Å². The lowest BCUT2D eigenvalue weighted by atomic mass is 10.1. The molecule has 0 aliphatic carbocycles. The predicted octanol–water partition coefficient (Wildman–Crippen LogP) is 0.0358. The summed E-state index contributed by atoms with van der Waals surface area (Å²) in [6.07, 6.45) is 1.66. The van der Waals surface area contributed by atoms with E-state index in [9.17, 15) is 4.79 Å². The fourth-order valence-corrected chi connectivity index (χ4v) is 1.46. The van der Waals surface area contributed by atoms with Crippen LogP contribution in [0.4, 0.5) is 0 Å². The first-order valence-corrected chi connectivity index (χ1v) is 4.36. The summed E-state index contributed by atoms with van der Waals surface area (Å²) in [7, 11) is 0. The molecule has 1 aromatic rings. The first kappa shape index (κ1) is 8.47. The summed E-state index contributed by atoms with van der Waals surface area (Å²) in [4.78, 5) is 13.6. The molecule has 0 amide bonds. The second kappa shape index (κ2) is 3.72. The number of H-pyrrole nitrogens is 1. The van der Waals surface area contributed by atoms with E-state index in [0.29, 0.717) is 6.61 Å². The maximum Gasteiger partial charge on any atom is 0.248 e. The molecule has 70 valence electrons. The molecule has 0 radical (unpaired) electrons. The highest BCUT2D eigenvalue weighted by atomic mass is 16.5. The Morgan fingerprint density at radius 1 is 1.54 bits per heavy atom. The normalized spacial score (nSPS) is 22.9. The Labute approximate surface area is 75.9 Å². The predicted molar refractivity (Wildman–Crippen MR) is 48.6 cm³/mol. The number of ether oxygens (including phenoxy) is 1. The Bertz CT molecular complexity index is 328. The maximum absolute atomic E-state index is 11.0. The van der Waals surface area contributed by atoms with Crippen LogP contribution in [0.1, 0.15) is 11.6 Å². The molecule has 13 heavy (non-hydrogen) atoms. The van der Waals surface area contributed by atoms with Crippen molar-refractivity contribution in [2.24, 2.45) is 0 Å². The molecule has 0 spiro atoms. The van der Waals surface area contributed by atoms with E-state index in [1.54, 1.807) is 12.3 Å². The van der Waals surface area contributed by atoms with Gasteiger partial charge in [-0.2, -0.15) is 0 Å². The first-order chi connectivity index (χ1) is 6.36. The van der Waals surface area contributed by atoms with Gasteiger partial charge in [0.25, 0.3) is 0 Å². The largest absolute Gasteiger partial charge is 0.378 e. The fourth-order valence-electron chi connectivity index (χ4n) is 1.46. The second-order valence-electron chi connectivity index (χ2n) is 3.07. The Kier molecular flexibility index (Phi) is 2.42. The third-order valence-corrected chi connectivity index (χ3v) is 2.12. The van der Waals surface area contributed by atoms with Crippen LogP contribution in [0.25, 0.3) is 0 Å². The molecule has 1 aliphatic rings. The van der Waals surface area contributed by atoms with Crippen LogP contribution in [0.3, 0.4) is 0 Å². The lowest BCUT2D eigenvalue weighted by Crippen LogP contribution is -2.35. The molecule has 0 aromatic carbocycles. The van der Waals surface area contributed by atoms with Crippen molar-refractivity contribution in [2.45, 2.75) is 6.04 Å². The van der Waals surface area contributed by atoms with Crippen molar-refractivity contribution in [2.75, 3.05) is 19.8 Å². The Morgan fingerprint density at radius 2 is 2.46 bits per heavy atom. The summed E-state index contributed by atoms with van der Waals surface area (Å²) in [5, 5.41) is 3.28.